The molecule has 5 nitrogen and oxygen atoms in total. The van der Waals surface area contributed by atoms with E-state index in [0.29, 0.717) is 18.0 Å². The van der Waals surface area contributed by atoms with Gasteiger partial charge in [0.1, 0.15) is 12.2 Å². The predicted molar refractivity (Wildman–Crippen MR) is 83.5 cm³/mol. The lowest BCUT2D eigenvalue weighted by Crippen LogP contribution is -2.31. The Bertz CT molecular complexity index is 500. The molecule has 0 aliphatic heterocycles. The highest BCUT2D eigenvalue weighted by Gasteiger charge is 2.15. The van der Waals surface area contributed by atoms with Crippen molar-refractivity contribution in [3.05, 3.63) is 23.8 Å². The molecule has 5 heteroatoms. The van der Waals surface area contributed by atoms with Gasteiger partial charge in [-0.1, -0.05) is 19.4 Å². The Kier molecular flexibility index (Phi) is 6.72. The van der Waals surface area contributed by atoms with E-state index < -0.39 is 0 Å². The Morgan fingerprint density at radius 2 is 2.05 bits per heavy atom. The van der Waals surface area contributed by atoms with E-state index in [1.165, 1.54) is 0 Å². The quantitative estimate of drug-likeness (QED) is 0.786. The summed E-state index contributed by atoms with van der Waals surface area (Å²) in [6, 6.07) is 5.51. The van der Waals surface area contributed by atoms with E-state index in [1.54, 1.807) is 25.1 Å². The van der Waals surface area contributed by atoms with Crippen LogP contribution in [0.15, 0.2) is 18.2 Å². The van der Waals surface area contributed by atoms with Crippen molar-refractivity contribution in [2.45, 2.75) is 33.1 Å². The van der Waals surface area contributed by atoms with Crippen molar-refractivity contribution in [3.63, 3.8) is 0 Å². The highest BCUT2D eigenvalue weighted by atomic mass is 16.5. The summed E-state index contributed by atoms with van der Waals surface area (Å²) in [5.74, 6) is 0.0838. The summed E-state index contributed by atoms with van der Waals surface area (Å²) in [7, 11) is 3.27. The zero-order valence-electron chi connectivity index (χ0n) is 13.2. The van der Waals surface area contributed by atoms with Gasteiger partial charge in [-0.15, -0.1) is 0 Å². The van der Waals surface area contributed by atoms with Crippen molar-refractivity contribution in [1.29, 1.82) is 0 Å². The molecule has 21 heavy (non-hydrogen) atoms. The number of nitrogens with zero attached hydrogens (tertiary/aromatic N) is 1. The van der Waals surface area contributed by atoms with Crippen LogP contribution in [0.2, 0.25) is 0 Å². The number of amides is 2. The van der Waals surface area contributed by atoms with E-state index >= 15 is 0 Å². The summed E-state index contributed by atoms with van der Waals surface area (Å²) in [4.78, 5) is 25.5. The van der Waals surface area contributed by atoms with E-state index in [-0.39, 0.29) is 18.2 Å². The van der Waals surface area contributed by atoms with Gasteiger partial charge in [-0.05, 0) is 31.0 Å². The van der Waals surface area contributed by atoms with Gasteiger partial charge < -0.3 is 15.0 Å². The highest BCUT2D eigenvalue weighted by molar-refractivity contribution is 6.04. The molecule has 0 atom stereocenters. The first kappa shape index (κ1) is 17.0. The smallest absolute Gasteiger partial charge is 0.233 e. The molecule has 0 aliphatic carbocycles. The molecule has 2 amide bonds. The molecule has 0 bridgehead atoms. The number of aryl methyl sites for hydroxylation is 1. The second-order valence-electron chi connectivity index (χ2n) is 5.10. The minimum absolute atomic E-state index is 0.155. The fraction of sp³-hybridized carbons (Fsp3) is 0.500. The van der Waals surface area contributed by atoms with Gasteiger partial charge in [0.2, 0.25) is 11.8 Å². The van der Waals surface area contributed by atoms with Crippen molar-refractivity contribution in [2.75, 3.05) is 26.0 Å². The summed E-state index contributed by atoms with van der Waals surface area (Å²) in [5.41, 5.74) is 1.60. The third-order valence-corrected chi connectivity index (χ3v) is 3.21. The van der Waals surface area contributed by atoms with Crippen LogP contribution in [0.25, 0.3) is 0 Å². The molecular formula is C16H24N2O3. The molecule has 1 aromatic rings. The Morgan fingerprint density at radius 3 is 2.67 bits per heavy atom. The molecule has 0 saturated heterocycles. The molecule has 0 heterocycles. The van der Waals surface area contributed by atoms with Gasteiger partial charge >= 0.3 is 0 Å². The van der Waals surface area contributed by atoms with Gasteiger partial charge in [-0.2, -0.15) is 0 Å². The van der Waals surface area contributed by atoms with Crippen LogP contribution in [0, 0.1) is 6.92 Å². The van der Waals surface area contributed by atoms with Crippen LogP contribution < -0.4 is 10.1 Å². The molecular weight excluding hydrogens is 268 g/mol. The molecule has 0 radical (unpaired) electrons. The number of carbonyl (C=O) groups is 2. The number of ether oxygens (including phenoxy) is 1. The molecule has 0 aromatic heterocycles. The van der Waals surface area contributed by atoms with Crippen molar-refractivity contribution < 1.29 is 14.3 Å². The molecule has 0 spiro atoms. The maximum Gasteiger partial charge on any atom is 0.233 e. The number of unbranched alkanes of at least 4 members (excludes halogenated alkanes) is 1. The van der Waals surface area contributed by atoms with Gasteiger partial charge in [0.15, 0.2) is 0 Å². The van der Waals surface area contributed by atoms with Crippen molar-refractivity contribution in [1.82, 2.24) is 4.90 Å². The fourth-order valence-corrected chi connectivity index (χ4v) is 1.91. The second-order valence-corrected chi connectivity index (χ2v) is 5.10. The van der Waals surface area contributed by atoms with Gasteiger partial charge in [0.05, 0.1) is 12.8 Å². The largest absolute Gasteiger partial charge is 0.495 e. The van der Waals surface area contributed by atoms with Crippen molar-refractivity contribution in [2.24, 2.45) is 0 Å². The van der Waals surface area contributed by atoms with Crippen LogP contribution in [0.4, 0.5) is 5.69 Å². The van der Waals surface area contributed by atoms with Crippen LogP contribution in [0.3, 0.4) is 0 Å². The standard InChI is InChI=1S/C16H24N2O3/c1-5-6-9-18(3)16(20)11-15(19)17-13-10-12(2)7-8-14(13)21-4/h7-8,10H,5-6,9,11H2,1-4H3,(H,17,19). The number of benzene rings is 1. The first-order valence-corrected chi connectivity index (χ1v) is 7.16. The van der Waals surface area contributed by atoms with Crippen molar-refractivity contribution in [3.8, 4) is 5.75 Å². The number of anilines is 1. The minimum Gasteiger partial charge on any atom is -0.495 e. The van der Waals surface area contributed by atoms with Gasteiger partial charge in [0, 0.05) is 13.6 Å². The molecule has 1 aromatic carbocycles. The summed E-state index contributed by atoms with van der Waals surface area (Å²) in [5, 5.41) is 2.73. The molecule has 116 valence electrons. The Hall–Kier alpha value is -2.04. The summed E-state index contributed by atoms with van der Waals surface area (Å²) < 4.78 is 5.20. The van der Waals surface area contributed by atoms with Gasteiger partial charge in [0.25, 0.3) is 0 Å². The maximum atomic E-state index is 12.0. The fourth-order valence-electron chi connectivity index (χ4n) is 1.91. The van der Waals surface area contributed by atoms with Crippen LogP contribution in [-0.2, 0) is 9.59 Å². The zero-order valence-corrected chi connectivity index (χ0v) is 13.2. The lowest BCUT2D eigenvalue weighted by Gasteiger charge is -2.17. The zero-order chi connectivity index (χ0) is 15.8. The first-order chi connectivity index (χ1) is 9.97. The average Bonchev–Trinajstić information content (AvgIpc) is 2.44. The van der Waals surface area contributed by atoms with Gasteiger partial charge in [-0.3, -0.25) is 9.59 Å². The van der Waals surface area contributed by atoms with E-state index in [1.807, 2.05) is 19.1 Å². The molecule has 0 fully saturated rings. The normalized spacial score (nSPS) is 10.1. The van der Waals surface area contributed by atoms with Crippen molar-refractivity contribution >= 4 is 17.5 Å². The molecule has 1 N–H and O–H groups in total. The number of hydrogen-bond donors (Lipinski definition) is 1. The highest BCUT2D eigenvalue weighted by Crippen LogP contribution is 2.25. The lowest BCUT2D eigenvalue weighted by molar-refractivity contribution is -0.133. The number of rotatable bonds is 7. The SMILES string of the molecule is CCCCN(C)C(=O)CC(=O)Nc1cc(C)ccc1OC. The first-order valence-electron chi connectivity index (χ1n) is 7.16. The van der Waals surface area contributed by atoms with E-state index in [4.69, 9.17) is 4.74 Å². The minimum atomic E-state index is -0.327. The third-order valence-electron chi connectivity index (χ3n) is 3.21. The Labute approximate surface area is 126 Å². The number of carbonyl (C=O) groups excluding carboxylic acids is 2. The van der Waals surface area contributed by atoms with Gasteiger partial charge in [-0.25, -0.2) is 0 Å². The maximum absolute atomic E-state index is 12.0. The molecule has 1 rings (SSSR count). The summed E-state index contributed by atoms with van der Waals surface area (Å²) >= 11 is 0. The summed E-state index contributed by atoms with van der Waals surface area (Å²) in [6.07, 6.45) is 1.80. The molecule has 0 aliphatic rings. The topological polar surface area (TPSA) is 58.6 Å². The number of hydrogen-bond acceptors (Lipinski definition) is 3. The third kappa shape index (κ3) is 5.45. The lowest BCUT2D eigenvalue weighted by atomic mass is 10.2. The monoisotopic (exact) mass is 292 g/mol. The Balaban J connectivity index is 2.61. The summed E-state index contributed by atoms with van der Waals surface area (Å²) in [6.45, 7) is 4.67. The second kappa shape index (κ2) is 8.29. The number of nitrogens with one attached hydrogen (secondary N) is 1. The molecule has 0 unspecified atom stereocenters. The van der Waals surface area contributed by atoms with Crippen LogP contribution >= 0.6 is 0 Å². The molecule has 0 saturated carbocycles. The van der Waals surface area contributed by atoms with E-state index in [0.717, 1.165) is 18.4 Å². The average molecular weight is 292 g/mol. The van der Waals surface area contributed by atoms with E-state index in [2.05, 4.69) is 12.2 Å². The van der Waals surface area contributed by atoms with Crippen LogP contribution in [0.1, 0.15) is 31.7 Å². The number of methoxy groups -OCH3 is 1. The van der Waals surface area contributed by atoms with Crippen LogP contribution in [0.5, 0.6) is 5.75 Å². The van der Waals surface area contributed by atoms with E-state index in [9.17, 15) is 9.59 Å². The predicted octanol–water partition coefficient (Wildman–Crippen LogP) is 2.59. The van der Waals surface area contributed by atoms with Crippen LogP contribution in [-0.4, -0.2) is 37.4 Å². The Morgan fingerprint density at radius 1 is 1.33 bits per heavy atom.